The van der Waals surface area contributed by atoms with Gasteiger partial charge in [0.2, 0.25) is 0 Å². The molecule has 1 aromatic carbocycles. The summed E-state index contributed by atoms with van der Waals surface area (Å²) < 4.78 is 43.4. The lowest BCUT2D eigenvalue weighted by molar-refractivity contribution is -0.151. The van der Waals surface area contributed by atoms with Gasteiger partial charge < -0.3 is 10.5 Å². The van der Waals surface area contributed by atoms with Crippen LogP contribution in [0.25, 0.3) is 0 Å². The normalized spacial score (nSPS) is 21.7. The third-order valence-corrected chi connectivity index (χ3v) is 3.92. The Bertz CT molecular complexity index is 490. The first-order valence-electron chi connectivity index (χ1n) is 7.09. The molecule has 0 aromatic heterocycles. The summed E-state index contributed by atoms with van der Waals surface area (Å²) in [6, 6.07) is 4.82. The molecule has 0 fully saturated rings. The van der Waals surface area contributed by atoms with Gasteiger partial charge in [-0.25, -0.2) is 0 Å². The number of benzene rings is 1. The summed E-state index contributed by atoms with van der Waals surface area (Å²) in [6.45, 7) is 1.35. The molecule has 0 heterocycles. The molecule has 3 nitrogen and oxygen atoms in total. The van der Waals surface area contributed by atoms with Gasteiger partial charge in [0.15, 0.2) is 0 Å². The molecule has 0 saturated heterocycles. The molecular formula is C15H21F3N2O. The van der Waals surface area contributed by atoms with E-state index >= 15 is 0 Å². The Labute approximate surface area is 122 Å². The lowest BCUT2D eigenvalue weighted by Crippen LogP contribution is -2.46. The molecule has 6 heteroatoms. The van der Waals surface area contributed by atoms with E-state index in [9.17, 15) is 13.2 Å². The van der Waals surface area contributed by atoms with Gasteiger partial charge in [0.1, 0.15) is 5.75 Å². The molecule has 118 valence electrons. The molecule has 1 aromatic rings. The number of ether oxygens (including phenoxy) is 1. The van der Waals surface area contributed by atoms with E-state index in [2.05, 4.69) is 0 Å². The molecule has 0 amide bonds. The van der Waals surface area contributed by atoms with E-state index in [1.807, 2.05) is 25.1 Å². The molecule has 2 N–H and O–H groups in total. The van der Waals surface area contributed by atoms with Crippen LogP contribution in [-0.4, -0.2) is 37.3 Å². The predicted octanol–water partition coefficient (Wildman–Crippen LogP) is 2.89. The number of alkyl halides is 3. The van der Waals surface area contributed by atoms with Crippen LogP contribution in [0.1, 0.15) is 30.5 Å². The van der Waals surface area contributed by atoms with Gasteiger partial charge >= 0.3 is 6.18 Å². The van der Waals surface area contributed by atoms with Gasteiger partial charge in [0, 0.05) is 12.1 Å². The van der Waals surface area contributed by atoms with Gasteiger partial charge in [0.25, 0.3) is 0 Å². The van der Waals surface area contributed by atoms with Crippen molar-refractivity contribution in [2.45, 2.75) is 38.0 Å². The number of halogens is 3. The van der Waals surface area contributed by atoms with E-state index in [1.165, 1.54) is 4.90 Å². The summed E-state index contributed by atoms with van der Waals surface area (Å²) in [5.74, 6) is 0.683. The first-order valence-corrected chi connectivity index (χ1v) is 7.09. The Balaban J connectivity index is 2.21. The quantitative estimate of drug-likeness (QED) is 0.909. The Morgan fingerprint density at radius 3 is 2.67 bits per heavy atom. The first kappa shape index (κ1) is 16.1. The Morgan fingerprint density at radius 1 is 1.38 bits per heavy atom. The highest BCUT2D eigenvalue weighted by molar-refractivity contribution is 5.42. The van der Waals surface area contributed by atoms with E-state index < -0.39 is 18.8 Å². The Kier molecular flexibility index (Phi) is 4.78. The number of hydrogen-bond donors (Lipinski definition) is 1. The smallest absolute Gasteiger partial charge is 0.401 e. The minimum Gasteiger partial charge on any atom is -0.497 e. The molecule has 1 aliphatic carbocycles. The monoisotopic (exact) mass is 302 g/mol. The van der Waals surface area contributed by atoms with Crippen LogP contribution in [0.5, 0.6) is 5.75 Å². The second-order valence-electron chi connectivity index (χ2n) is 5.45. The molecular weight excluding hydrogens is 281 g/mol. The number of methoxy groups -OCH3 is 1. The fraction of sp³-hybridized carbons (Fsp3) is 0.600. The van der Waals surface area contributed by atoms with Crippen molar-refractivity contribution < 1.29 is 17.9 Å². The molecule has 0 saturated carbocycles. The van der Waals surface area contributed by atoms with Crippen molar-refractivity contribution in [2.75, 3.05) is 20.2 Å². The van der Waals surface area contributed by atoms with E-state index in [1.54, 1.807) is 7.11 Å². The van der Waals surface area contributed by atoms with Crippen LogP contribution < -0.4 is 10.5 Å². The molecule has 0 aliphatic heterocycles. The van der Waals surface area contributed by atoms with E-state index in [0.717, 1.165) is 11.1 Å². The second-order valence-corrected chi connectivity index (χ2v) is 5.45. The average Bonchev–Trinajstić information content (AvgIpc) is 2.74. The van der Waals surface area contributed by atoms with Gasteiger partial charge in [0.05, 0.1) is 13.7 Å². The van der Waals surface area contributed by atoms with Crippen LogP contribution in [0.3, 0.4) is 0 Å². The zero-order chi connectivity index (χ0) is 15.6. The van der Waals surface area contributed by atoms with Crippen LogP contribution in [0.2, 0.25) is 0 Å². The van der Waals surface area contributed by atoms with Crippen molar-refractivity contribution in [1.82, 2.24) is 4.90 Å². The summed E-state index contributed by atoms with van der Waals surface area (Å²) in [7, 11) is 1.56. The SMILES string of the molecule is CCCN(CC(F)(F)F)C1Cc2ccc(OC)cc2C1N. The van der Waals surface area contributed by atoms with Crippen molar-refractivity contribution in [3.63, 3.8) is 0 Å². The Morgan fingerprint density at radius 2 is 2.10 bits per heavy atom. The molecule has 21 heavy (non-hydrogen) atoms. The zero-order valence-corrected chi connectivity index (χ0v) is 12.3. The first-order chi connectivity index (χ1) is 9.85. The van der Waals surface area contributed by atoms with Crippen molar-refractivity contribution >= 4 is 0 Å². The highest BCUT2D eigenvalue weighted by Crippen LogP contribution is 2.36. The van der Waals surface area contributed by atoms with Gasteiger partial charge in [-0.15, -0.1) is 0 Å². The third-order valence-electron chi connectivity index (χ3n) is 3.92. The highest BCUT2D eigenvalue weighted by atomic mass is 19.4. The van der Waals surface area contributed by atoms with Crippen LogP contribution in [-0.2, 0) is 6.42 Å². The fourth-order valence-electron chi connectivity index (χ4n) is 2.99. The standard InChI is InChI=1S/C15H21F3N2O/c1-3-6-20(9-15(16,17)18)13-7-10-4-5-11(21-2)8-12(10)14(13)19/h4-5,8,13-14H,3,6-7,9,19H2,1-2H3. The Hall–Kier alpha value is -1.27. The molecule has 0 bridgehead atoms. The van der Waals surface area contributed by atoms with Crippen molar-refractivity contribution in [1.29, 1.82) is 0 Å². The maximum Gasteiger partial charge on any atom is 0.401 e. The number of hydrogen-bond acceptors (Lipinski definition) is 3. The highest BCUT2D eigenvalue weighted by Gasteiger charge is 2.39. The van der Waals surface area contributed by atoms with Crippen LogP contribution in [0, 0.1) is 0 Å². The van der Waals surface area contributed by atoms with Gasteiger partial charge in [-0.2, -0.15) is 13.2 Å². The molecule has 0 radical (unpaired) electrons. The van der Waals surface area contributed by atoms with Gasteiger partial charge in [-0.1, -0.05) is 13.0 Å². The summed E-state index contributed by atoms with van der Waals surface area (Å²) >= 11 is 0. The van der Waals surface area contributed by atoms with Crippen molar-refractivity contribution in [3.8, 4) is 5.75 Å². The van der Waals surface area contributed by atoms with Crippen LogP contribution in [0.4, 0.5) is 13.2 Å². The minimum atomic E-state index is -4.21. The maximum atomic E-state index is 12.8. The molecule has 2 unspecified atom stereocenters. The number of fused-ring (bicyclic) bond motifs is 1. The van der Waals surface area contributed by atoms with E-state index in [-0.39, 0.29) is 6.04 Å². The number of rotatable bonds is 5. The fourth-order valence-corrected chi connectivity index (χ4v) is 2.99. The van der Waals surface area contributed by atoms with Crippen LogP contribution in [0.15, 0.2) is 18.2 Å². The lowest BCUT2D eigenvalue weighted by atomic mass is 10.1. The third kappa shape index (κ3) is 3.68. The zero-order valence-electron chi connectivity index (χ0n) is 12.3. The van der Waals surface area contributed by atoms with Gasteiger partial charge in [-0.3, -0.25) is 4.90 Å². The second kappa shape index (κ2) is 6.23. The number of nitrogens with zero attached hydrogens (tertiary/aromatic N) is 1. The largest absolute Gasteiger partial charge is 0.497 e. The summed E-state index contributed by atoms with van der Waals surface area (Å²) in [5, 5.41) is 0. The minimum absolute atomic E-state index is 0.311. The summed E-state index contributed by atoms with van der Waals surface area (Å²) in [4.78, 5) is 1.46. The molecule has 1 aliphatic rings. The van der Waals surface area contributed by atoms with E-state index in [4.69, 9.17) is 10.5 Å². The molecule has 2 rings (SSSR count). The van der Waals surface area contributed by atoms with Crippen molar-refractivity contribution in [2.24, 2.45) is 5.73 Å². The topological polar surface area (TPSA) is 38.5 Å². The number of nitrogens with two attached hydrogens (primary N) is 1. The van der Waals surface area contributed by atoms with Gasteiger partial charge in [-0.05, 0) is 42.6 Å². The molecule has 2 atom stereocenters. The maximum absolute atomic E-state index is 12.8. The summed E-state index contributed by atoms with van der Waals surface area (Å²) in [6.07, 6.45) is -2.99. The lowest BCUT2D eigenvalue weighted by Gasteiger charge is -2.32. The predicted molar refractivity (Wildman–Crippen MR) is 75.3 cm³/mol. The van der Waals surface area contributed by atoms with Crippen molar-refractivity contribution in [3.05, 3.63) is 29.3 Å². The average molecular weight is 302 g/mol. The molecule has 0 spiro atoms. The summed E-state index contributed by atoms with van der Waals surface area (Å²) in [5.41, 5.74) is 8.10. The van der Waals surface area contributed by atoms with Crippen LogP contribution >= 0.6 is 0 Å². The van der Waals surface area contributed by atoms with E-state index in [0.29, 0.717) is 25.1 Å².